The Labute approximate surface area is 156 Å². The molecule has 3 rings (SSSR count). The number of rotatable bonds is 3. The summed E-state index contributed by atoms with van der Waals surface area (Å²) in [7, 11) is 0. The van der Waals surface area contributed by atoms with E-state index in [0.29, 0.717) is 5.92 Å². The van der Waals surface area contributed by atoms with Gasteiger partial charge in [0.25, 0.3) is 5.91 Å². The summed E-state index contributed by atoms with van der Waals surface area (Å²) in [6.45, 7) is 2.33. The summed E-state index contributed by atoms with van der Waals surface area (Å²) in [5, 5.41) is 0. The lowest BCUT2D eigenvalue weighted by Gasteiger charge is -2.31. The topological polar surface area (TPSA) is 51.3 Å². The summed E-state index contributed by atoms with van der Waals surface area (Å²) in [6, 6.07) is 12.0. The van der Waals surface area contributed by atoms with Crippen molar-refractivity contribution in [1.82, 2.24) is 9.47 Å². The van der Waals surface area contributed by atoms with E-state index in [-0.39, 0.29) is 18.3 Å². The number of likely N-dealkylation sites (tertiary alicyclic amines) is 1. The number of halogens is 2. The fraction of sp³-hybridized carbons (Fsp3) is 0.353. The fourth-order valence-electron chi connectivity index (χ4n) is 2.94. The maximum atomic E-state index is 12.8. The number of piperidine rings is 1. The molecule has 1 fully saturated rings. The highest BCUT2D eigenvalue weighted by Crippen LogP contribution is 2.21. The average Bonchev–Trinajstić information content (AvgIpc) is 3.04. The molecule has 1 aliphatic heterocycles. The third-order valence-electron chi connectivity index (χ3n) is 4.29. The van der Waals surface area contributed by atoms with E-state index in [9.17, 15) is 4.79 Å². The summed E-state index contributed by atoms with van der Waals surface area (Å²) in [6.07, 6.45) is 3.96. The van der Waals surface area contributed by atoms with Gasteiger partial charge in [-0.2, -0.15) is 0 Å². The van der Waals surface area contributed by atoms with Crippen LogP contribution in [0.4, 0.5) is 0 Å². The maximum Gasteiger partial charge on any atom is 0.270 e. The predicted octanol–water partition coefficient (Wildman–Crippen LogP) is 3.31. The molecule has 4 nitrogen and oxygen atoms in total. The number of hydrogen-bond donors (Lipinski definition) is 1. The molecular weight excluding hydrogens is 425 g/mol. The zero-order valence-electron chi connectivity index (χ0n) is 12.8. The van der Waals surface area contributed by atoms with E-state index in [1.165, 1.54) is 0 Å². The van der Waals surface area contributed by atoms with E-state index in [4.69, 9.17) is 5.73 Å². The highest BCUT2D eigenvalue weighted by atomic mass is 127. The molecule has 0 saturated carbocycles. The maximum absolute atomic E-state index is 12.8. The van der Waals surface area contributed by atoms with E-state index in [1.807, 2.05) is 46.0 Å². The van der Waals surface area contributed by atoms with Gasteiger partial charge in [-0.3, -0.25) is 4.79 Å². The SMILES string of the molecule is Cl.NCC1CCN(C(=O)c2cccn2-c2cccc(I)c2)CC1. The van der Waals surface area contributed by atoms with Gasteiger partial charge in [0.1, 0.15) is 5.69 Å². The Hall–Kier alpha value is -1.05. The third-order valence-corrected chi connectivity index (χ3v) is 4.96. The minimum atomic E-state index is 0. The van der Waals surface area contributed by atoms with Gasteiger partial charge in [0.15, 0.2) is 0 Å². The van der Waals surface area contributed by atoms with Crippen molar-refractivity contribution in [1.29, 1.82) is 0 Å². The van der Waals surface area contributed by atoms with Gasteiger partial charge in [-0.05, 0) is 78.2 Å². The van der Waals surface area contributed by atoms with Gasteiger partial charge >= 0.3 is 0 Å². The van der Waals surface area contributed by atoms with Gasteiger partial charge < -0.3 is 15.2 Å². The van der Waals surface area contributed by atoms with E-state index in [2.05, 4.69) is 28.7 Å². The molecule has 0 unspecified atom stereocenters. The summed E-state index contributed by atoms with van der Waals surface area (Å²) >= 11 is 2.29. The van der Waals surface area contributed by atoms with Crippen LogP contribution in [-0.2, 0) is 0 Å². The molecule has 1 amide bonds. The second kappa shape index (κ2) is 8.17. The standard InChI is InChI=1S/C17H20IN3O.ClH/c18-14-3-1-4-15(11-14)21-8-2-5-16(21)17(22)20-9-6-13(12-19)7-10-20;/h1-5,8,11,13H,6-7,9-10,12,19H2;1H. The van der Waals surface area contributed by atoms with Crippen LogP contribution >= 0.6 is 35.0 Å². The van der Waals surface area contributed by atoms with Gasteiger partial charge in [-0.25, -0.2) is 0 Å². The molecule has 2 aromatic rings. The van der Waals surface area contributed by atoms with Crippen LogP contribution in [0.5, 0.6) is 0 Å². The van der Waals surface area contributed by atoms with Crippen LogP contribution in [0.3, 0.4) is 0 Å². The van der Waals surface area contributed by atoms with Crippen molar-refractivity contribution in [3.8, 4) is 5.69 Å². The number of hydrogen-bond acceptors (Lipinski definition) is 2. The van der Waals surface area contributed by atoms with Crippen LogP contribution < -0.4 is 5.73 Å². The molecule has 1 saturated heterocycles. The monoisotopic (exact) mass is 445 g/mol. The molecule has 1 aromatic heterocycles. The highest BCUT2D eigenvalue weighted by Gasteiger charge is 2.24. The molecule has 1 aromatic carbocycles. The predicted molar refractivity (Wildman–Crippen MR) is 103 cm³/mol. The Bertz CT molecular complexity index is 665. The Balaban J connectivity index is 0.00000192. The van der Waals surface area contributed by atoms with Gasteiger partial charge in [0.2, 0.25) is 0 Å². The first-order valence-electron chi connectivity index (χ1n) is 7.61. The van der Waals surface area contributed by atoms with Crippen LogP contribution in [0, 0.1) is 9.49 Å². The number of nitrogens with zero attached hydrogens (tertiary/aromatic N) is 2. The number of benzene rings is 1. The molecule has 2 heterocycles. The number of carbonyl (C=O) groups excluding carboxylic acids is 1. The lowest BCUT2D eigenvalue weighted by molar-refractivity contribution is 0.0685. The number of carbonyl (C=O) groups is 1. The first-order valence-corrected chi connectivity index (χ1v) is 8.69. The molecule has 23 heavy (non-hydrogen) atoms. The quantitative estimate of drug-likeness (QED) is 0.737. The smallest absolute Gasteiger partial charge is 0.270 e. The second-order valence-corrected chi connectivity index (χ2v) is 6.96. The first-order chi connectivity index (χ1) is 10.7. The molecule has 0 bridgehead atoms. The molecular formula is C17H21ClIN3O. The molecule has 0 radical (unpaired) electrons. The van der Waals surface area contributed by atoms with E-state index in [0.717, 1.165) is 47.4 Å². The summed E-state index contributed by atoms with van der Waals surface area (Å²) in [4.78, 5) is 14.8. The van der Waals surface area contributed by atoms with Crippen LogP contribution in [-0.4, -0.2) is 35.0 Å². The zero-order chi connectivity index (χ0) is 15.5. The molecule has 0 spiro atoms. The van der Waals surface area contributed by atoms with Gasteiger partial charge in [0, 0.05) is 28.5 Å². The second-order valence-electron chi connectivity index (χ2n) is 5.71. The van der Waals surface area contributed by atoms with Crippen molar-refractivity contribution >= 4 is 40.9 Å². The van der Waals surface area contributed by atoms with Gasteiger partial charge in [-0.15, -0.1) is 12.4 Å². The molecule has 124 valence electrons. The Morgan fingerprint density at radius 3 is 2.61 bits per heavy atom. The average molecular weight is 446 g/mol. The number of nitrogens with two attached hydrogens (primary N) is 1. The Morgan fingerprint density at radius 1 is 1.22 bits per heavy atom. The lowest BCUT2D eigenvalue weighted by atomic mass is 9.97. The molecule has 0 aliphatic carbocycles. The third kappa shape index (κ3) is 4.08. The highest BCUT2D eigenvalue weighted by molar-refractivity contribution is 14.1. The van der Waals surface area contributed by atoms with Crippen LogP contribution in [0.2, 0.25) is 0 Å². The lowest BCUT2D eigenvalue weighted by Crippen LogP contribution is -2.40. The molecule has 0 atom stereocenters. The fourth-order valence-corrected chi connectivity index (χ4v) is 3.47. The van der Waals surface area contributed by atoms with Crippen LogP contribution in [0.25, 0.3) is 5.69 Å². The van der Waals surface area contributed by atoms with Crippen LogP contribution in [0.1, 0.15) is 23.3 Å². The Kier molecular flexibility index (Phi) is 6.50. The van der Waals surface area contributed by atoms with Crippen molar-refractivity contribution in [2.24, 2.45) is 11.7 Å². The Morgan fingerprint density at radius 2 is 1.96 bits per heavy atom. The normalized spacial score (nSPS) is 15.3. The van der Waals surface area contributed by atoms with Crippen molar-refractivity contribution in [2.45, 2.75) is 12.8 Å². The van der Waals surface area contributed by atoms with E-state index < -0.39 is 0 Å². The van der Waals surface area contributed by atoms with Gasteiger partial charge in [-0.1, -0.05) is 6.07 Å². The van der Waals surface area contributed by atoms with Crippen molar-refractivity contribution < 1.29 is 4.79 Å². The van der Waals surface area contributed by atoms with E-state index >= 15 is 0 Å². The molecule has 2 N–H and O–H groups in total. The van der Waals surface area contributed by atoms with Crippen molar-refractivity contribution in [3.63, 3.8) is 0 Å². The zero-order valence-corrected chi connectivity index (χ0v) is 15.8. The summed E-state index contributed by atoms with van der Waals surface area (Å²) in [5.74, 6) is 0.672. The van der Waals surface area contributed by atoms with Crippen molar-refractivity contribution in [3.05, 3.63) is 51.9 Å². The minimum Gasteiger partial charge on any atom is -0.337 e. The summed E-state index contributed by atoms with van der Waals surface area (Å²) in [5.41, 5.74) is 7.48. The molecule has 6 heteroatoms. The van der Waals surface area contributed by atoms with Gasteiger partial charge in [0.05, 0.1) is 0 Å². The minimum absolute atomic E-state index is 0. The van der Waals surface area contributed by atoms with E-state index in [1.54, 1.807) is 0 Å². The largest absolute Gasteiger partial charge is 0.337 e. The number of aromatic nitrogens is 1. The number of amides is 1. The van der Waals surface area contributed by atoms with Crippen molar-refractivity contribution in [2.75, 3.05) is 19.6 Å². The van der Waals surface area contributed by atoms with Crippen LogP contribution in [0.15, 0.2) is 42.6 Å². The first kappa shape index (κ1) is 18.3. The summed E-state index contributed by atoms with van der Waals surface area (Å²) < 4.78 is 3.13. The molecule has 1 aliphatic rings.